The van der Waals surface area contributed by atoms with E-state index in [0.717, 1.165) is 45.0 Å². The van der Waals surface area contributed by atoms with Gasteiger partial charge in [0.05, 0.1) is 0 Å². The molecule has 0 radical (unpaired) electrons. The van der Waals surface area contributed by atoms with Crippen LogP contribution in [0, 0.1) is 27.7 Å². The van der Waals surface area contributed by atoms with Crippen molar-refractivity contribution in [2.45, 2.75) is 33.6 Å². The molecule has 3 aromatic rings. The molecule has 0 unspecified atom stereocenters. The van der Waals surface area contributed by atoms with Gasteiger partial charge in [-0.15, -0.1) is 0 Å². The third-order valence-corrected chi connectivity index (χ3v) is 5.30. The minimum atomic E-state index is -0.530. The SMILES string of the molecule is C=CC(=O)Oc1ccccc1C(c1cc(C)c(O)c(C)c1)c1cc(C)c(O)c(C)c1. The minimum absolute atomic E-state index is 0.266. The Morgan fingerprint density at radius 2 is 1.30 bits per heavy atom. The normalized spacial score (nSPS) is 10.8. The maximum absolute atomic E-state index is 11.9. The number of esters is 1. The van der Waals surface area contributed by atoms with Gasteiger partial charge < -0.3 is 14.9 Å². The van der Waals surface area contributed by atoms with Crippen LogP contribution in [0.25, 0.3) is 0 Å². The summed E-state index contributed by atoms with van der Waals surface area (Å²) in [6.07, 6.45) is 1.13. The smallest absolute Gasteiger partial charge is 0.335 e. The number of aromatic hydroxyl groups is 2. The summed E-state index contributed by atoms with van der Waals surface area (Å²) >= 11 is 0. The van der Waals surface area contributed by atoms with Crippen LogP contribution in [0.1, 0.15) is 44.9 Å². The molecule has 0 aliphatic rings. The molecule has 154 valence electrons. The quantitative estimate of drug-likeness (QED) is 0.252. The average molecular weight is 402 g/mol. The first-order valence-electron chi connectivity index (χ1n) is 9.76. The fourth-order valence-corrected chi connectivity index (χ4v) is 3.83. The molecule has 0 atom stereocenters. The number of benzene rings is 3. The van der Waals surface area contributed by atoms with Gasteiger partial charge >= 0.3 is 5.97 Å². The van der Waals surface area contributed by atoms with Gasteiger partial charge in [-0.1, -0.05) is 49.0 Å². The van der Waals surface area contributed by atoms with E-state index in [1.165, 1.54) is 0 Å². The molecule has 0 aliphatic heterocycles. The van der Waals surface area contributed by atoms with E-state index in [1.807, 2.05) is 70.2 Å². The summed E-state index contributed by atoms with van der Waals surface area (Å²) in [5, 5.41) is 20.5. The maximum atomic E-state index is 11.9. The van der Waals surface area contributed by atoms with Crippen LogP contribution in [0.5, 0.6) is 17.2 Å². The van der Waals surface area contributed by atoms with E-state index in [1.54, 1.807) is 6.07 Å². The Bertz CT molecular complexity index is 1020. The molecule has 4 heteroatoms. The van der Waals surface area contributed by atoms with Crippen molar-refractivity contribution in [3.05, 3.63) is 100 Å². The number of aryl methyl sites for hydroxylation is 4. The summed E-state index contributed by atoms with van der Waals surface area (Å²) in [7, 11) is 0. The maximum Gasteiger partial charge on any atom is 0.335 e. The van der Waals surface area contributed by atoms with Gasteiger partial charge in [0.1, 0.15) is 17.2 Å². The summed E-state index contributed by atoms with van der Waals surface area (Å²) in [6.45, 7) is 10.9. The Balaban J connectivity index is 2.30. The molecular formula is C26H26O4. The molecule has 0 heterocycles. The summed E-state index contributed by atoms with van der Waals surface area (Å²) in [5.74, 6) is 0.176. The molecule has 0 saturated carbocycles. The van der Waals surface area contributed by atoms with Crippen molar-refractivity contribution in [3.8, 4) is 17.2 Å². The lowest BCUT2D eigenvalue weighted by atomic mass is 9.82. The van der Waals surface area contributed by atoms with Crippen molar-refractivity contribution in [3.63, 3.8) is 0 Å². The highest BCUT2D eigenvalue weighted by Gasteiger charge is 2.24. The Morgan fingerprint density at radius 3 is 1.73 bits per heavy atom. The molecule has 3 rings (SSSR count). The molecule has 0 bridgehead atoms. The van der Waals surface area contributed by atoms with Gasteiger partial charge in [0.15, 0.2) is 0 Å². The lowest BCUT2D eigenvalue weighted by Gasteiger charge is -2.23. The summed E-state index contributed by atoms with van der Waals surface area (Å²) in [5.41, 5.74) is 5.78. The van der Waals surface area contributed by atoms with Crippen molar-refractivity contribution in [2.75, 3.05) is 0 Å². The molecule has 0 aromatic heterocycles. The number of para-hydroxylation sites is 1. The summed E-state index contributed by atoms with van der Waals surface area (Å²) < 4.78 is 5.53. The minimum Gasteiger partial charge on any atom is -0.507 e. The number of hydrogen-bond donors (Lipinski definition) is 2. The lowest BCUT2D eigenvalue weighted by molar-refractivity contribution is -0.129. The molecule has 0 spiro atoms. The number of rotatable bonds is 5. The van der Waals surface area contributed by atoms with Crippen LogP contribution >= 0.6 is 0 Å². The van der Waals surface area contributed by atoms with E-state index in [-0.39, 0.29) is 17.4 Å². The Kier molecular flexibility index (Phi) is 5.97. The van der Waals surface area contributed by atoms with Crippen LogP contribution in [0.15, 0.2) is 61.2 Å². The predicted octanol–water partition coefficient (Wildman–Crippen LogP) is 5.60. The largest absolute Gasteiger partial charge is 0.507 e. The summed E-state index contributed by atoms with van der Waals surface area (Å²) in [4.78, 5) is 11.9. The molecule has 4 nitrogen and oxygen atoms in total. The second-order valence-corrected chi connectivity index (χ2v) is 7.60. The second-order valence-electron chi connectivity index (χ2n) is 7.60. The van der Waals surface area contributed by atoms with Crippen LogP contribution in [0.2, 0.25) is 0 Å². The molecule has 2 N–H and O–H groups in total. The highest BCUT2D eigenvalue weighted by atomic mass is 16.5. The van der Waals surface area contributed by atoms with Crippen molar-refractivity contribution >= 4 is 5.97 Å². The average Bonchev–Trinajstić information content (AvgIpc) is 2.71. The van der Waals surface area contributed by atoms with E-state index < -0.39 is 5.97 Å². The summed E-state index contributed by atoms with van der Waals surface area (Å²) in [6, 6.07) is 15.1. The fourth-order valence-electron chi connectivity index (χ4n) is 3.83. The van der Waals surface area contributed by atoms with Gasteiger partial charge in [0.25, 0.3) is 0 Å². The van der Waals surface area contributed by atoms with Crippen LogP contribution in [0.4, 0.5) is 0 Å². The number of phenols is 2. The highest BCUT2D eigenvalue weighted by Crippen LogP contribution is 2.41. The van der Waals surface area contributed by atoms with Crippen molar-refractivity contribution in [1.29, 1.82) is 0 Å². The number of hydrogen-bond acceptors (Lipinski definition) is 4. The van der Waals surface area contributed by atoms with Gasteiger partial charge in [0, 0.05) is 17.6 Å². The third kappa shape index (κ3) is 4.08. The molecule has 3 aromatic carbocycles. The first-order valence-corrected chi connectivity index (χ1v) is 9.76. The molecule has 0 fully saturated rings. The van der Waals surface area contributed by atoms with Gasteiger partial charge in [-0.25, -0.2) is 4.79 Å². The van der Waals surface area contributed by atoms with E-state index in [4.69, 9.17) is 4.74 Å². The van der Waals surface area contributed by atoms with Gasteiger partial charge in [0.2, 0.25) is 0 Å². The van der Waals surface area contributed by atoms with Crippen molar-refractivity contribution in [1.82, 2.24) is 0 Å². The third-order valence-electron chi connectivity index (χ3n) is 5.30. The number of ether oxygens (including phenoxy) is 1. The molecule has 0 saturated heterocycles. The zero-order chi connectivity index (χ0) is 22.0. The first-order chi connectivity index (χ1) is 14.2. The van der Waals surface area contributed by atoms with E-state index in [0.29, 0.717) is 5.75 Å². The molecule has 0 amide bonds. The zero-order valence-corrected chi connectivity index (χ0v) is 17.7. The first kappa shape index (κ1) is 21.2. The van der Waals surface area contributed by atoms with E-state index in [2.05, 4.69) is 6.58 Å². The molecular weight excluding hydrogens is 376 g/mol. The topological polar surface area (TPSA) is 66.8 Å². The Hall–Kier alpha value is -3.53. The molecule has 0 aliphatic carbocycles. The van der Waals surface area contributed by atoms with Crippen molar-refractivity contribution in [2.24, 2.45) is 0 Å². The van der Waals surface area contributed by atoms with E-state index >= 15 is 0 Å². The fraction of sp³-hybridized carbons (Fsp3) is 0.192. The highest BCUT2D eigenvalue weighted by molar-refractivity contribution is 5.83. The Labute approximate surface area is 177 Å². The zero-order valence-electron chi connectivity index (χ0n) is 17.7. The van der Waals surface area contributed by atoms with Gasteiger partial charge in [-0.3, -0.25) is 0 Å². The Morgan fingerprint density at radius 1 is 0.867 bits per heavy atom. The lowest BCUT2D eigenvalue weighted by Crippen LogP contribution is -2.10. The van der Waals surface area contributed by atoms with Gasteiger partial charge in [-0.05, 0) is 67.1 Å². The van der Waals surface area contributed by atoms with Crippen LogP contribution < -0.4 is 4.74 Å². The standard InChI is InChI=1S/C26H26O4/c1-6-23(27)30-22-10-8-7-9-21(22)24(19-11-15(2)25(28)16(3)12-19)20-13-17(4)26(29)18(5)14-20/h6-14,24,28-29H,1H2,2-5H3. The van der Waals surface area contributed by atoms with Gasteiger partial charge in [-0.2, -0.15) is 0 Å². The van der Waals surface area contributed by atoms with Crippen LogP contribution in [0.3, 0.4) is 0 Å². The second kappa shape index (κ2) is 8.46. The number of carbonyl (C=O) groups is 1. The van der Waals surface area contributed by atoms with E-state index in [9.17, 15) is 15.0 Å². The number of carbonyl (C=O) groups excluding carboxylic acids is 1. The number of phenolic OH excluding ortho intramolecular Hbond substituents is 2. The van der Waals surface area contributed by atoms with Crippen LogP contribution in [-0.2, 0) is 4.79 Å². The molecule has 30 heavy (non-hydrogen) atoms. The predicted molar refractivity (Wildman–Crippen MR) is 118 cm³/mol. The van der Waals surface area contributed by atoms with Crippen molar-refractivity contribution < 1.29 is 19.7 Å². The monoisotopic (exact) mass is 402 g/mol. The van der Waals surface area contributed by atoms with Crippen LogP contribution in [-0.4, -0.2) is 16.2 Å².